The van der Waals surface area contributed by atoms with Crippen LogP contribution in [-0.2, 0) is 4.74 Å². The molecule has 4 nitrogen and oxygen atoms in total. The van der Waals surface area contributed by atoms with Crippen LogP contribution in [0.1, 0.15) is 23.3 Å². The monoisotopic (exact) mass is 354 g/mol. The zero-order chi connectivity index (χ0) is 15.0. The number of ether oxygens (including phenoxy) is 1. The van der Waals surface area contributed by atoms with Gasteiger partial charge in [0, 0.05) is 16.2 Å². The van der Waals surface area contributed by atoms with E-state index < -0.39 is 30.0 Å². The Hall–Kier alpha value is -2.02. The van der Waals surface area contributed by atoms with Crippen LogP contribution in [0.5, 0.6) is 0 Å². The van der Waals surface area contributed by atoms with Crippen molar-refractivity contribution in [2.45, 2.75) is 12.1 Å². The molecule has 1 amide bonds. The summed E-state index contributed by atoms with van der Waals surface area (Å²) in [5.41, 5.74) is 0.613. The van der Waals surface area contributed by atoms with Crippen molar-refractivity contribution in [1.29, 1.82) is 0 Å². The normalized spacial score (nSPS) is 21.0. The highest BCUT2D eigenvalue weighted by molar-refractivity contribution is 9.10. The standard InChI is InChI=1S/C14H9BrF2N2O2/c15-8-5-10(13(17)18-6-8)11-12(21-14(20)19-11)7-2-1-3-9(16)4-7/h1-6,11-12H,(H,19,20)/t11-,12?/m1/s1. The summed E-state index contributed by atoms with van der Waals surface area (Å²) >= 11 is 3.20. The average Bonchev–Trinajstić information content (AvgIpc) is 2.83. The number of carbonyl (C=O) groups is 1. The molecule has 2 atom stereocenters. The van der Waals surface area contributed by atoms with Crippen molar-refractivity contribution in [3.8, 4) is 0 Å². The SMILES string of the molecule is O=C1N[C@H](c2cc(Br)cnc2F)C(c2cccc(F)c2)O1. The molecule has 1 aromatic heterocycles. The first-order valence-electron chi connectivity index (χ1n) is 6.08. The maximum absolute atomic E-state index is 13.9. The third-order valence-corrected chi connectivity index (χ3v) is 3.59. The number of aromatic nitrogens is 1. The van der Waals surface area contributed by atoms with Crippen molar-refractivity contribution in [2.75, 3.05) is 0 Å². The lowest BCUT2D eigenvalue weighted by molar-refractivity contribution is 0.131. The number of pyridine rings is 1. The van der Waals surface area contributed by atoms with Gasteiger partial charge in [-0.1, -0.05) is 12.1 Å². The molecule has 1 unspecified atom stereocenters. The van der Waals surface area contributed by atoms with Gasteiger partial charge in [-0.15, -0.1) is 0 Å². The van der Waals surface area contributed by atoms with Gasteiger partial charge < -0.3 is 10.1 Å². The van der Waals surface area contributed by atoms with Crippen molar-refractivity contribution in [3.05, 3.63) is 63.9 Å². The van der Waals surface area contributed by atoms with Crippen LogP contribution in [-0.4, -0.2) is 11.1 Å². The number of hydrogen-bond donors (Lipinski definition) is 1. The van der Waals surface area contributed by atoms with Crippen LogP contribution in [0.25, 0.3) is 0 Å². The third kappa shape index (κ3) is 2.73. The minimum Gasteiger partial charge on any atom is -0.439 e. The zero-order valence-electron chi connectivity index (χ0n) is 10.5. The van der Waals surface area contributed by atoms with Crippen LogP contribution in [0.15, 0.2) is 41.0 Å². The fourth-order valence-electron chi connectivity index (χ4n) is 2.26. The second-order valence-electron chi connectivity index (χ2n) is 4.54. The summed E-state index contributed by atoms with van der Waals surface area (Å²) < 4.78 is 32.9. The summed E-state index contributed by atoms with van der Waals surface area (Å²) in [5.74, 6) is -1.17. The smallest absolute Gasteiger partial charge is 0.408 e. The zero-order valence-corrected chi connectivity index (χ0v) is 12.1. The van der Waals surface area contributed by atoms with Crippen molar-refractivity contribution in [3.63, 3.8) is 0 Å². The van der Waals surface area contributed by atoms with E-state index in [4.69, 9.17) is 4.74 Å². The van der Waals surface area contributed by atoms with Gasteiger partial charge in [-0.05, 0) is 39.7 Å². The predicted octanol–water partition coefficient (Wildman–Crippen LogP) is 3.64. The Morgan fingerprint density at radius 3 is 2.86 bits per heavy atom. The molecule has 0 aliphatic carbocycles. The van der Waals surface area contributed by atoms with E-state index in [0.29, 0.717) is 10.0 Å². The van der Waals surface area contributed by atoms with Crippen LogP contribution in [0.4, 0.5) is 13.6 Å². The van der Waals surface area contributed by atoms with E-state index in [-0.39, 0.29) is 5.56 Å². The number of nitrogens with zero attached hydrogens (tertiary/aromatic N) is 1. The van der Waals surface area contributed by atoms with E-state index in [1.54, 1.807) is 6.07 Å². The summed E-state index contributed by atoms with van der Waals surface area (Å²) in [6, 6.07) is 6.39. The summed E-state index contributed by atoms with van der Waals surface area (Å²) in [4.78, 5) is 15.1. The van der Waals surface area contributed by atoms with E-state index in [1.165, 1.54) is 30.5 Å². The average molecular weight is 355 g/mol. The minimum absolute atomic E-state index is 0.171. The highest BCUT2D eigenvalue weighted by Gasteiger charge is 2.38. The van der Waals surface area contributed by atoms with Crippen molar-refractivity contribution < 1.29 is 18.3 Å². The predicted molar refractivity (Wildman–Crippen MR) is 73.4 cm³/mol. The lowest BCUT2D eigenvalue weighted by Crippen LogP contribution is -2.21. The van der Waals surface area contributed by atoms with Gasteiger partial charge in [0.2, 0.25) is 5.95 Å². The Labute approximate surface area is 127 Å². The first kappa shape index (κ1) is 13.9. The highest BCUT2D eigenvalue weighted by Crippen LogP contribution is 2.38. The number of halogens is 3. The number of amides is 1. The molecule has 21 heavy (non-hydrogen) atoms. The van der Waals surface area contributed by atoms with Crippen LogP contribution >= 0.6 is 15.9 Å². The first-order valence-corrected chi connectivity index (χ1v) is 6.87. The fraction of sp³-hybridized carbons (Fsp3) is 0.143. The molecular weight excluding hydrogens is 346 g/mol. The maximum atomic E-state index is 13.9. The van der Waals surface area contributed by atoms with Gasteiger partial charge in [0.1, 0.15) is 11.9 Å². The number of carbonyl (C=O) groups excluding carboxylic acids is 1. The van der Waals surface area contributed by atoms with E-state index in [0.717, 1.165) is 0 Å². The van der Waals surface area contributed by atoms with Crippen LogP contribution < -0.4 is 5.32 Å². The fourth-order valence-corrected chi connectivity index (χ4v) is 2.61. The van der Waals surface area contributed by atoms with Gasteiger partial charge in [0.15, 0.2) is 6.10 Å². The van der Waals surface area contributed by atoms with Crippen molar-refractivity contribution in [2.24, 2.45) is 0 Å². The summed E-state index contributed by atoms with van der Waals surface area (Å²) in [7, 11) is 0. The molecular formula is C14H9BrF2N2O2. The molecule has 1 aromatic carbocycles. The van der Waals surface area contributed by atoms with Gasteiger partial charge in [0.25, 0.3) is 0 Å². The Balaban J connectivity index is 2.03. The quantitative estimate of drug-likeness (QED) is 0.837. The van der Waals surface area contributed by atoms with Crippen LogP contribution in [0.2, 0.25) is 0 Å². The molecule has 1 fully saturated rings. The van der Waals surface area contributed by atoms with E-state index in [1.807, 2.05) is 0 Å². The summed E-state index contributed by atoms with van der Waals surface area (Å²) in [5, 5.41) is 2.52. The molecule has 2 heterocycles. The van der Waals surface area contributed by atoms with Crippen LogP contribution in [0, 0.1) is 11.8 Å². The number of nitrogens with one attached hydrogen (secondary N) is 1. The maximum Gasteiger partial charge on any atom is 0.408 e. The first-order chi connectivity index (χ1) is 10.0. The minimum atomic E-state index is -0.821. The Kier molecular flexibility index (Phi) is 3.59. The Bertz CT molecular complexity index is 711. The molecule has 7 heteroatoms. The molecule has 3 rings (SSSR count). The second kappa shape index (κ2) is 5.40. The van der Waals surface area contributed by atoms with E-state index in [9.17, 15) is 13.6 Å². The van der Waals surface area contributed by atoms with Gasteiger partial charge in [0.05, 0.1) is 0 Å². The number of rotatable bonds is 2. The van der Waals surface area contributed by atoms with E-state index in [2.05, 4.69) is 26.2 Å². The molecule has 108 valence electrons. The molecule has 2 aromatic rings. The van der Waals surface area contributed by atoms with Crippen LogP contribution in [0.3, 0.4) is 0 Å². The second-order valence-corrected chi connectivity index (χ2v) is 5.45. The molecule has 0 bridgehead atoms. The molecule has 1 saturated heterocycles. The Morgan fingerprint density at radius 1 is 1.29 bits per heavy atom. The number of cyclic esters (lactones) is 1. The molecule has 0 saturated carbocycles. The lowest BCUT2D eigenvalue weighted by atomic mass is 9.97. The van der Waals surface area contributed by atoms with Crippen molar-refractivity contribution >= 4 is 22.0 Å². The third-order valence-electron chi connectivity index (χ3n) is 3.16. The van der Waals surface area contributed by atoms with Gasteiger partial charge in [-0.3, -0.25) is 0 Å². The topological polar surface area (TPSA) is 51.2 Å². The van der Waals surface area contributed by atoms with Gasteiger partial charge >= 0.3 is 6.09 Å². The largest absolute Gasteiger partial charge is 0.439 e. The molecule has 1 aliphatic heterocycles. The summed E-state index contributed by atoms with van der Waals surface area (Å²) in [6.45, 7) is 0. The number of benzene rings is 1. The number of hydrogen-bond acceptors (Lipinski definition) is 3. The molecule has 1 N–H and O–H groups in total. The Morgan fingerprint density at radius 2 is 2.10 bits per heavy atom. The molecule has 0 radical (unpaired) electrons. The van der Waals surface area contributed by atoms with Gasteiger partial charge in [-0.25, -0.2) is 14.2 Å². The number of alkyl carbamates (subject to hydrolysis) is 1. The molecule has 0 spiro atoms. The van der Waals surface area contributed by atoms with Gasteiger partial charge in [-0.2, -0.15) is 4.39 Å². The lowest BCUT2D eigenvalue weighted by Gasteiger charge is -2.18. The highest BCUT2D eigenvalue weighted by atomic mass is 79.9. The van der Waals surface area contributed by atoms with Crippen molar-refractivity contribution in [1.82, 2.24) is 10.3 Å². The van der Waals surface area contributed by atoms with E-state index >= 15 is 0 Å². The summed E-state index contributed by atoms with van der Waals surface area (Å²) in [6.07, 6.45) is -0.194. The molecule has 1 aliphatic rings.